The van der Waals surface area contributed by atoms with Crippen LogP contribution >= 0.6 is 0 Å². The summed E-state index contributed by atoms with van der Waals surface area (Å²) in [6.07, 6.45) is 4.74. The average Bonchev–Trinajstić information content (AvgIpc) is 2.88. The SMILES string of the molecule is Cc1cc(S(=O)(=O)O)ccc1C1=c2cc3c4c(c2Oc2cc(CC(=O)CCN)ccc21)CCC[N+]=4CCC3. The number of hydrogen-bond acceptors (Lipinski definition) is 5. The van der Waals surface area contributed by atoms with Gasteiger partial charge in [-0.1, -0.05) is 18.2 Å². The minimum Gasteiger partial charge on any atom is -0.456 e. The van der Waals surface area contributed by atoms with E-state index in [2.05, 4.69) is 10.6 Å². The van der Waals surface area contributed by atoms with Crippen LogP contribution in [0.15, 0.2) is 47.4 Å². The van der Waals surface area contributed by atoms with Crippen LogP contribution in [0.1, 0.15) is 52.6 Å². The number of Topliss-reactive ketones (excluding diaryl/α,β-unsaturated/α-hetero) is 1. The average molecular weight is 532 g/mol. The van der Waals surface area contributed by atoms with Gasteiger partial charge >= 0.3 is 0 Å². The molecule has 3 aromatic rings. The maximum Gasteiger partial charge on any atom is 0.294 e. The van der Waals surface area contributed by atoms with Crippen LogP contribution in [0, 0.1) is 6.92 Å². The lowest BCUT2D eigenvalue weighted by molar-refractivity contribution is -0.118. The Morgan fingerprint density at radius 3 is 2.55 bits per heavy atom. The van der Waals surface area contributed by atoms with Crippen LogP contribution in [0.3, 0.4) is 0 Å². The number of benzene rings is 3. The lowest BCUT2D eigenvalue weighted by atomic mass is 9.86. The molecule has 6 rings (SSSR count). The van der Waals surface area contributed by atoms with Gasteiger partial charge < -0.3 is 10.5 Å². The molecule has 0 unspecified atom stereocenters. The maximum atomic E-state index is 12.3. The summed E-state index contributed by atoms with van der Waals surface area (Å²) >= 11 is 0. The number of nitrogens with two attached hydrogens (primary N) is 1. The van der Waals surface area contributed by atoms with Gasteiger partial charge in [0.1, 0.15) is 30.4 Å². The molecule has 7 nitrogen and oxygen atoms in total. The number of carbonyl (C=O) groups is 1. The highest BCUT2D eigenvalue weighted by molar-refractivity contribution is 7.85. The second-order valence-corrected chi connectivity index (χ2v) is 11.9. The number of hydrogen-bond donors (Lipinski definition) is 2. The minimum absolute atomic E-state index is 0.0873. The van der Waals surface area contributed by atoms with Crippen molar-refractivity contribution in [2.75, 3.05) is 19.6 Å². The predicted molar refractivity (Wildman–Crippen MR) is 145 cm³/mol. The fourth-order valence-corrected chi connectivity index (χ4v) is 6.77. The van der Waals surface area contributed by atoms with Crippen LogP contribution in [-0.4, -0.2) is 38.4 Å². The highest BCUT2D eigenvalue weighted by atomic mass is 32.2. The van der Waals surface area contributed by atoms with E-state index in [1.54, 1.807) is 6.07 Å². The molecule has 38 heavy (non-hydrogen) atoms. The van der Waals surface area contributed by atoms with Crippen LogP contribution < -0.4 is 25.6 Å². The number of ether oxygens (including phenoxy) is 1. The van der Waals surface area contributed by atoms with Crippen molar-refractivity contribution in [1.29, 1.82) is 0 Å². The highest BCUT2D eigenvalue weighted by Crippen LogP contribution is 2.39. The zero-order valence-electron chi connectivity index (χ0n) is 21.4. The summed E-state index contributed by atoms with van der Waals surface area (Å²) in [5, 5.41) is 2.31. The third-order valence-corrected chi connectivity index (χ3v) is 8.71. The number of ketones is 1. The zero-order valence-corrected chi connectivity index (χ0v) is 22.2. The molecular weight excluding hydrogens is 500 g/mol. The molecule has 0 aromatic heterocycles. The molecule has 3 aliphatic heterocycles. The van der Waals surface area contributed by atoms with Gasteiger partial charge in [0.15, 0.2) is 0 Å². The summed E-state index contributed by atoms with van der Waals surface area (Å²) in [7, 11) is -4.32. The zero-order chi connectivity index (χ0) is 26.6. The molecule has 0 spiro atoms. The normalized spacial score (nSPS) is 15.9. The van der Waals surface area contributed by atoms with E-state index >= 15 is 0 Å². The Morgan fingerprint density at radius 2 is 1.82 bits per heavy atom. The van der Waals surface area contributed by atoms with E-state index in [1.807, 2.05) is 25.1 Å². The Morgan fingerprint density at radius 1 is 1.05 bits per heavy atom. The van der Waals surface area contributed by atoms with Crippen LogP contribution in [0.4, 0.5) is 0 Å². The maximum absolute atomic E-state index is 12.3. The summed E-state index contributed by atoms with van der Waals surface area (Å²) in [5.41, 5.74) is 12.5. The summed E-state index contributed by atoms with van der Waals surface area (Å²) < 4.78 is 42.4. The van der Waals surface area contributed by atoms with Crippen molar-refractivity contribution in [1.82, 2.24) is 4.58 Å². The largest absolute Gasteiger partial charge is 0.456 e. The van der Waals surface area contributed by atoms with Crippen molar-refractivity contribution < 1.29 is 22.5 Å². The third kappa shape index (κ3) is 4.26. The van der Waals surface area contributed by atoms with Gasteiger partial charge in [-0.2, -0.15) is 8.42 Å². The van der Waals surface area contributed by atoms with Gasteiger partial charge in [-0.3, -0.25) is 9.35 Å². The molecule has 8 heteroatoms. The molecule has 0 amide bonds. The summed E-state index contributed by atoms with van der Waals surface area (Å²) in [5.74, 6) is 1.62. The number of fused-ring (bicyclic) bond motifs is 3. The number of aryl methyl sites for hydroxylation is 2. The van der Waals surface area contributed by atoms with E-state index in [0.29, 0.717) is 25.1 Å². The van der Waals surface area contributed by atoms with Gasteiger partial charge in [0.05, 0.1) is 10.5 Å². The molecular formula is C30H31N2O5S+. The highest BCUT2D eigenvalue weighted by Gasteiger charge is 2.31. The second kappa shape index (κ2) is 9.45. The summed E-state index contributed by atoms with van der Waals surface area (Å²) in [6.45, 7) is 4.29. The third-order valence-electron chi connectivity index (χ3n) is 7.86. The second-order valence-electron chi connectivity index (χ2n) is 10.4. The Hall–Kier alpha value is -3.33. The van der Waals surface area contributed by atoms with E-state index in [-0.39, 0.29) is 10.7 Å². The summed E-state index contributed by atoms with van der Waals surface area (Å²) in [6, 6.07) is 12.9. The molecule has 0 saturated heterocycles. The smallest absolute Gasteiger partial charge is 0.294 e. The fourth-order valence-electron chi connectivity index (χ4n) is 6.20. The van der Waals surface area contributed by atoms with Crippen LogP contribution in [0.2, 0.25) is 0 Å². The van der Waals surface area contributed by atoms with Crippen LogP contribution in [0.25, 0.3) is 5.57 Å². The quantitative estimate of drug-likeness (QED) is 0.292. The lowest BCUT2D eigenvalue weighted by Gasteiger charge is -2.27. The van der Waals surface area contributed by atoms with Gasteiger partial charge in [0, 0.05) is 47.6 Å². The van der Waals surface area contributed by atoms with E-state index in [1.165, 1.54) is 28.6 Å². The standard InChI is InChI=1S/C30H30N2O5S/c1-18-14-22(38(34,35)36)7-9-23(18)28-24-8-6-19(15-21(33)10-11-31)16-27(24)37-30-25-5-3-13-32-12-2-4-20(29(25)32)17-26(28)30/h6-9,14,16-17H,2-5,10-13,15,31H2,1H3/p+1. The van der Waals surface area contributed by atoms with Gasteiger partial charge in [-0.25, -0.2) is 4.58 Å². The number of nitrogens with zero attached hydrogens (tertiary/aromatic N) is 1. The van der Waals surface area contributed by atoms with Gasteiger partial charge in [-0.05, 0) is 67.3 Å². The van der Waals surface area contributed by atoms with Crippen molar-refractivity contribution in [3.63, 3.8) is 0 Å². The Balaban J connectivity index is 1.64. The molecule has 3 heterocycles. The van der Waals surface area contributed by atoms with Crippen molar-refractivity contribution in [3.8, 4) is 11.5 Å². The van der Waals surface area contributed by atoms with Crippen molar-refractivity contribution in [2.45, 2.75) is 50.3 Å². The first-order chi connectivity index (χ1) is 18.2. The fraction of sp³-hybridized carbons (Fsp3) is 0.333. The molecule has 3 N–H and O–H groups in total. The van der Waals surface area contributed by atoms with E-state index < -0.39 is 10.1 Å². The molecule has 0 atom stereocenters. The Labute approximate surface area is 222 Å². The minimum atomic E-state index is -4.32. The summed E-state index contributed by atoms with van der Waals surface area (Å²) in [4.78, 5) is 12.2. The van der Waals surface area contributed by atoms with Gasteiger partial charge in [0.2, 0.25) is 5.36 Å². The molecule has 0 radical (unpaired) electrons. The van der Waals surface area contributed by atoms with Crippen molar-refractivity contribution in [2.24, 2.45) is 5.73 Å². The first-order valence-corrected chi connectivity index (χ1v) is 14.6. The molecule has 0 fully saturated rings. The number of rotatable bonds is 6. The molecule has 0 saturated carbocycles. The van der Waals surface area contributed by atoms with Crippen molar-refractivity contribution in [3.05, 3.63) is 86.4 Å². The first-order valence-electron chi connectivity index (χ1n) is 13.2. The first kappa shape index (κ1) is 25.0. The molecule has 0 bridgehead atoms. The van der Waals surface area contributed by atoms with Crippen LogP contribution in [-0.2, 0) is 34.2 Å². The van der Waals surface area contributed by atoms with E-state index in [4.69, 9.17) is 10.5 Å². The van der Waals surface area contributed by atoms with Gasteiger partial charge in [-0.15, -0.1) is 0 Å². The molecule has 0 aliphatic carbocycles. The van der Waals surface area contributed by atoms with Gasteiger partial charge in [0.25, 0.3) is 10.1 Å². The monoisotopic (exact) mass is 531 g/mol. The Kier molecular flexibility index (Phi) is 6.21. The molecule has 3 aromatic carbocycles. The Bertz CT molecular complexity index is 1740. The van der Waals surface area contributed by atoms with Crippen molar-refractivity contribution >= 4 is 21.5 Å². The topological polar surface area (TPSA) is 110 Å². The lowest BCUT2D eigenvalue weighted by Crippen LogP contribution is -2.45. The van der Waals surface area contributed by atoms with E-state index in [9.17, 15) is 17.8 Å². The molecule has 196 valence electrons. The predicted octanol–water partition coefficient (Wildman–Crippen LogP) is 2.44. The number of carbonyl (C=O) groups excluding carboxylic acids is 1. The van der Waals surface area contributed by atoms with E-state index in [0.717, 1.165) is 77.6 Å². The van der Waals surface area contributed by atoms with Crippen LogP contribution in [0.5, 0.6) is 11.5 Å². The molecule has 3 aliphatic rings.